The molecule has 1 unspecified atom stereocenters. The smallest absolute Gasteiger partial charge is 0.331 e. The lowest BCUT2D eigenvalue weighted by molar-refractivity contribution is -0.151. The van der Waals surface area contributed by atoms with Crippen LogP contribution in [0.5, 0.6) is 5.75 Å². The number of carbonyl (C=O) groups is 1. The third-order valence-corrected chi connectivity index (χ3v) is 4.17. The number of esters is 1. The Kier molecular flexibility index (Phi) is 4.25. The van der Waals surface area contributed by atoms with Crippen LogP contribution >= 0.6 is 11.6 Å². The van der Waals surface area contributed by atoms with Gasteiger partial charge >= 0.3 is 5.97 Å². The summed E-state index contributed by atoms with van der Waals surface area (Å²) in [6.07, 6.45) is 1.81. The molecule has 1 aromatic rings. The van der Waals surface area contributed by atoms with E-state index in [1.54, 1.807) is 26.2 Å². The van der Waals surface area contributed by atoms with Crippen molar-refractivity contribution in [3.05, 3.63) is 28.3 Å². The summed E-state index contributed by atoms with van der Waals surface area (Å²) in [6.45, 7) is 3.95. The van der Waals surface area contributed by atoms with Gasteiger partial charge in [0, 0.05) is 10.6 Å². The molecule has 0 bridgehead atoms. The first-order chi connectivity index (χ1) is 9.44. The normalized spacial score (nSPS) is 17.4. The van der Waals surface area contributed by atoms with E-state index in [9.17, 15) is 4.79 Å². The molecule has 1 aliphatic rings. The Balaban J connectivity index is 2.54. The lowest BCUT2D eigenvalue weighted by Crippen LogP contribution is -2.48. The number of ether oxygens (including phenoxy) is 2. The molecule has 1 atom stereocenters. The third kappa shape index (κ3) is 2.50. The zero-order valence-corrected chi connectivity index (χ0v) is 12.8. The summed E-state index contributed by atoms with van der Waals surface area (Å²) in [4.78, 5) is 12.4. The van der Waals surface area contributed by atoms with Gasteiger partial charge in [0.25, 0.3) is 0 Å². The highest BCUT2D eigenvalue weighted by Crippen LogP contribution is 2.48. The lowest BCUT2D eigenvalue weighted by Gasteiger charge is -2.29. The van der Waals surface area contributed by atoms with E-state index in [1.165, 1.54) is 0 Å². The Morgan fingerprint density at radius 1 is 1.50 bits per heavy atom. The van der Waals surface area contributed by atoms with Crippen molar-refractivity contribution < 1.29 is 14.3 Å². The highest BCUT2D eigenvalue weighted by molar-refractivity contribution is 6.31. The summed E-state index contributed by atoms with van der Waals surface area (Å²) in [5.41, 5.74) is 6.75. The molecule has 0 radical (unpaired) electrons. The van der Waals surface area contributed by atoms with Gasteiger partial charge in [-0.3, -0.25) is 0 Å². The molecular formula is C15H20ClNO3. The number of methoxy groups -OCH3 is 1. The summed E-state index contributed by atoms with van der Waals surface area (Å²) in [6, 6.07) is 3.53. The highest BCUT2D eigenvalue weighted by Gasteiger charge is 2.52. The van der Waals surface area contributed by atoms with Crippen LogP contribution in [0.1, 0.15) is 30.9 Å². The SMILES string of the molecule is CCOC(=O)C(N)(c1cc(Cl)c(C)cc1OC)C1CC1. The monoisotopic (exact) mass is 297 g/mol. The van der Waals surface area contributed by atoms with E-state index in [-0.39, 0.29) is 5.92 Å². The van der Waals surface area contributed by atoms with Crippen molar-refractivity contribution >= 4 is 17.6 Å². The van der Waals surface area contributed by atoms with Gasteiger partial charge in [0.05, 0.1) is 13.7 Å². The van der Waals surface area contributed by atoms with Gasteiger partial charge in [-0.2, -0.15) is 0 Å². The van der Waals surface area contributed by atoms with Crippen molar-refractivity contribution in [3.8, 4) is 5.75 Å². The third-order valence-electron chi connectivity index (χ3n) is 3.76. The van der Waals surface area contributed by atoms with Crippen LogP contribution in [-0.2, 0) is 15.1 Å². The maximum absolute atomic E-state index is 12.4. The summed E-state index contributed by atoms with van der Waals surface area (Å²) < 4.78 is 10.6. The average molecular weight is 298 g/mol. The molecule has 4 nitrogen and oxygen atoms in total. The van der Waals surface area contributed by atoms with Gasteiger partial charge in [-0.1, -0.05) is 11.6 Å². The zero-order chi connectivity index (χ0) is 14.9. The molecule has 0 spiro atoms. The van der Waals surface area contributed by atoms with Crippen LogP contribution in [0.15, 0.2) is 12.1 Å². The second-order valence-electron chi connectivity index (χ2n) is 5.17. The fourth-order valence-corrected chi connectivity index (χ4v) is 2.60. The van der Waals surface area contributed by atoms with E-state index < -0.39 is 11.5 Å². The van der Waals surface area contributed by atoms with Gasteiger partial charge in [0.1, 0.15) is 11.3 Å². The van der Waals surface area contributed by atoms with Crippen molar-refractivity contribution in [3.63, 3.8) is 0 Å². The second-order valence-corrected chi connectivity index (χ2v) is 5.57. The van der Waals surface area contributed by atoms with E-state index in [4.69, 9.17) is 26.8 Å². The van der Waals surface area contributed by atoms with Crippen LogP contribution in [-0.4, -0.2) is 19.7 Å². The predicted octanol–water partition coefficient (Wildman–Crippen LogP) is 2.78. The van der Waals surface area contributed by atoms with Crippen LogP contribution < -0.4 is 10.5 Å². The summed E-state index contributed by atoms with van der Waals surface area (Å²) in [5, 5.41) is 0.570. The summed E-state index contributed by atoms with van der Waals surface area (Å²) in [5.74, 6) is 0.240. The topological polar surface area (TPSA) is 61.5 Å². The molecule has 2 rings (SSSR count). The number of benzene rings is 1. The molecule has 0 amide bonds. The Labute approximate surface area is 124 Å². The standard InChI is InChI=1S/C15H20ClNO3/c1-4-20-14(18)15(17,10-5-6-10)11-8-12(16)9(2)7-13(11)19-3/h7-8,10H,4-6,17H2,1-3H3. The van der Waals surface area contributed by atoms with Gasteiger partial charge in [-0.15, -0.1) is 0 Å². The molecule has 1 fully saturated rings. The Bertz CT molecular complexity index is 528. The lowest BCUT2D eigenvalue weighted by atomic mass is 9.84. The van der Waals surface area contributed by atoms with E-state index in [0.717, 1.165) is 18.4 Å². The average Bonchev–Trinajstić information content (AvgIpc) is 3.25. The predicted molar refractivity (Wildman–Crippen MR) is 78.0 cm³/mol. The number of hydrogen-bond acceptors (Lipinski definition) is 4. The van der Waals surface area contributed by atoms with Gasteiger partial charge in [-0.25, -0.2) is 4.79 Å². The largest absolute Gasteiger partial charge is 0.496 e. The molecule has 0 aliphatic heterocycles. The fourth-order valence-electron chi connectivity index (χ4n) is 2.43. The molecule has 1 aliphatic carbocycles. The van der Waals surface area contributed by atoms with E-state index in [2.05, 4.69) is 0 Å². The first-order valence-corrected chi connectivity index (χ1v) is 7.13. The Morgan fingerprint density at radius 3 is 2.65 bits per heavy atom. The molecule has 5 heteroatoms. The molecule has 0 heterocycles. The fraction of sp³-hybridized carbons (Fsp3) is 0.533. The number of hydrogen-bond donors (Lipinski definition) is 1. The summed E-state index contributed by atoms with van der Waals surface area (Å²) in [7, 11) is 1.56. The van der Waals surface area contributed by atoms with Gasteiger partial charge in [0.15, 0.2) is 0 Å². The first kappa shape index (κ1) is 15.1. The number of aryl methyl sites for hydroxylation is 1. The van der Waals surface area contributed by atoms with Crippen LogP contribution in [0.25, 0.3) is 0 Å². The molecule has 20 heavy (non-hydrogen) atoms. The van der Waals surface area contributed by atoms with Crippen LogP contribution in [0.3, 0.4) is 0 Å². The minimum Gasteiger partial charge on any atom is -0.496 e. The Hall–Kier alpha value is -1.26. The van der Waals surface area contributed by atoms with Crippen molar-refractivity contribution in [2.75, 3.05) is 13.7 Å². The Morgan fingerprint density at radius 2 is 2.15 bits per heavy atom. The molecule has 0 aromatic heterocycles. The van der Waals surface area contributed by atoms with E-state index in [1.807, 2.05) is 6.92 Å². The minimum atomic E-state index is -1.18. The maximum atomic E-state index is 12.4. The van der Waals surface area contributed by atoms with Gasteiger partial charge < -0.3 is 15.2 Å². The van der Waals surface area contributed by atoms with E-state index in [0.29, 0.717) is 22.9 Å². The van der Waals surface area contributed by atoms with Crippen LogP contribution in [0.2, 0.25) is 5.02 Å². The van der Waals surface area contributed by atoms with Crippen molar-refractivity contribution in [2.45, 2.75) is 32.2 Å². The number of nitrogens with two attached hydrogens (primary N) is 1. The van der Waals surface area contributed by atoms with Gasteiger partial charge in [-0.05, 0) is 50.3 Å². The van der Waals surface area contributed by atoms with Gasteiger partial charge in [0.2, 0.25) is 0 Å². The first-order valence-electron chi connectivity index (χ1n) is 6.75. The second kappa shape index (κ2) is 5.62. The molecule has 2 N–H and O–H groups in total. The molecule has 1 aromatic carbocycles. The van der Waals surface area contributed by atoms with Crippen molar-refractivity contribution in [1.29, 1.82) is 0 Å². The molecule has 110 valence electrons. The van der Waals surface area contributed by atoms with Crippen molar-refractivity contribution in [2.24, 2.45) is 11.7 Å². The van der Waals surface area contributed by atoms with Crippen LogP contribution in [0.4, 0.5) is 0 Å². The maximum Gasteiger partial charge on any atom is 0.331 e. The minimum absolute atomic E-state index is 0.0780. The molecule has 1 saturated carbocycles. The molecular weight excluding hydrogens is 278 g/mol. The quantitative estimate of drug-likeness (QED) is 0.849. The number of halogens is 1. The van der Waals surface area contributed by atoms with E-state index >= 15 is 0 Å². The zero-order valence-electron chi connectivity index (χ0n) is 12.0. The number of rotatable bonds is 5. The van der Waals surface area contributed by atoms with Crippen LogP contribution in [0, 0.1) is 12.8 Å². The number of carbonyl (C=O) groups excluding carboxylic acids is 1. The summed E-state index contributed by atoms with van der Waals surface area (Å²) >= 11 is 6.19. The van der Waals surface area contributed by atoms with Crippen molar-refractivity contribution in [1.82, 2.24) is 0 Å². The molecule has 0 saturated heterocycles. The highest BCUT2D eigenvalue weighted by atomic mass is 35.5.